The molecule has 1 aromatic carbocycles. The molecule has 2 heterocycles. The first-order valence-electron chi connectivity index (χ1n) is 6.83. The van der Waals surface area contributed by atoms with E-state index in [-0.39, 0.29) is 10.8 Å². The van der Waals surface area contributed by atoms with Gasteiger partial charge in [0.1, 0.15) is 4.21 Å². The molecule has 2 aromatic heterocycles. The van der Waals surface area contributed by atoms with Crippen LogP contribution in [0.5, 0.6) is 0 Å². The first-order chi connectivity index (χ1) is 11.8. The van der Waals surface area contributed by atoms with Gasteiger partial charge in [-0.2, -0.15) is 4.31 Å². The lowest BCUT2D eigenvalue weighted by Crippen LogP contribution is -2.34. The van der Waals surface area contributed by atoms with E-state index in [2.05, 4.69) is 10.3 Å². The molecular formula is C14H11Cl2N3O3S3. The highest BCUT2D eigenvalue weighted by Crippen LogP contribution is 2.29. The molecule has 132 valence electrons. The minimum Gasteiger partial charge on any atom is -0.301 e. The number of benzene rings is 1. The molecule has 0 saturated heterocycles. The SMILES string of the molecule is CN(CC(=O)Nc1nc2ccc(Cl)cc2s1)S(=O)(=O)c1ccc(Cl)s1. The minimum absolute atomic E-state index is 0.0856. The van der Waals surface area contributed by atoms with E-state index in [0.717, 1.165) is 20.3 Å². The minimum atomic E-state index is -3.76. The Morgan fingerprint density at radius 3 is 2.68 bits per heavy atom. The fourth-order valence-corrected chi connectivity index (χ4v) is 5.97. The third kappa shape index (κ3) is 4.13. The molecule has 0 aliphatic carbocycles. The standard InChI is InChI=1S/C14H11Cl2N3O3S3/c1-19(25(21,22)13-5-4-11(16)24-13)7-12(20)18-14-17-9-3-2-8(15)6-10(9)23-14/h2-6H,7H2,1H3,(H,17,18,20). The van der Waals surface area contributed by atoms with Crippen molar-refractivity contribution < 1.29 is 13.2 Å². The summed E-state index contributed by atoms with van der Waals surface area (Å²) in [6.45, 7) is -0.339. The summed E-state index contributed by atoms with van der Waals surface area (Å²) < 4.78 is 27.0. The number of carbonyl (C=O) groups is 1. The Balaban J connectivity index is 1.70. The maximum absolute atomic E-state index is 12.4. The summed E-state index contributed by atoms with van der Waals surface area (Å²) in [5.74, 6) is -0.487. The van der Waals surface area contributed by atoms with Crippen molar-refractivity contribution in [3.05, 3.63) is 39.7 Å². The Morgan fingerprint density at radius 2 is 2.00 bits per heavy atom. The number of thiophene rings is 1. The summed E-state index contributed by atoms with van der Waals surface area (Å²) in [6.07, 6.45) is 0. The molecule has 0 spiro atoms. The van der Waals surface area contributed by atoms with E-state index in [1.165, 1.54) is 30.5 Å². The highest BCUT2D eigenvalue weighted by molar-refractivity contribution is 7.91. The average molecular weight is 436 g/mol. The highest BCUT2D eigenvalue weighted by Gasteiger charge is 2.25. The molecule has 0 radical (unpaired) electrons. The number of likely N-dealkylation sites (N-methyl/N-ethyl adjacent to an activating group) is 1. The van der Waals surface area contributed by atoms with Crippen LogP contribution in [0.3, 0.4) is 0 Å². The quantitative estimate of drug-likeness (QED) is 0.658. The van der Waals surface area contributed by atoms with Crippen molar-refractivity contribution in [1.29, 1.82) is 0 Å². The molecule has 1 N–H and O–H groups in total. The Kier molecular flexibility index (Phi) is 5.33. The highest BCUT2D eigenvalue weighted by atomic mass is 35.5. The van der Waals surface area contributed by atoms with Crippen LogP contribution in [0.25, 0.3) is 10.2 Å². The number of carbonyl (C=O) groups excluding carboxylic acids is 1. The van der Waals surface area contributed by atoms with Gasteiger partial charge in [0.05, 0.1) is 21.1 Å². The molecule has 3 rings (SSSR count). The predicted molar refractivity (Wildman–Crippen MR) is 102 cm³/mol. The molecule has 0 aliphatic rings. The van der Waals surface area contributed by atoms with Crippen LogP contribution in [0.15, 0.2) is 34.5 Å². The van der Waals surface area contributed by atoms with Gasteiger partial charge in [-0.1, -0.05) is 34.5 Å². The molecular weight excluding hydrogens is 425 g/mol. The summed E-state index contributed by atoms with van der Waals surface area (Å²) in [6, 6.07) is 8.12. The van der Waals surface area contributed by atoms with Crippen molar-refractivity contribution in [3.63, 3.8) is 0 Å². The number of halogens is 2. The van der Waals surface area contributed by atoms with E-state index < -0.39 is 15.9 Å². The zero-order valence-corrected chi connectivity index (χ0v) is 16.7. The largest absolute Gasteiger partial charge is 0.301 e. The number of thiazole rings is 1. The molecule has 25 heavy (non-hydrogen) atoms. The second-order valence-corrected chi connectivity index (χ2v) is 10.5. The van der Waals surface area contributed by atoms with Crippen LogP contribution in [-0.2, 0) is 14.8 Å². The molecule has 0 unspecified atom stereocenters. The Labute approximate surface area is 162 Å². The van der Waals surface area contributed by atoms with Crippen molar-refractivity contribution >= 4 is 77.2 Å². The summed E-state index contributed by atoms with van der Waals surface area (Å²) in [5.41, 5.74) is 0.707. The maximum Gasteiger partial charge on any atom is 0.252 e. The summed E-state index contributed by atoms with van der Waals surface area (Å²) >= 11 is 13.9. The van der Waals surface area contributed by atoms with Gasteiger partial charge in [-0.3, -0.25) is 4.79 Å². The number of aromatic nitrogens is 1. The number of hydrogen-bond donors (Lipinski definition) is 1. The lowest BCUT2D eigenvalue weighted by molar-refractivity contribution is -0.116. The van der Waals surface area contributed by atoms with E-state index in [1.54, 1.807) is 18.2 Å². The fraction of sp³-hybridized carbons (Fsp3) is 0.143. The first-order valence-corrected chi connectivity index (χ1v) is 10.7. The van der Waals surface area contributed by atoms with E-state index in [4.69, 9.17) is 23.2 Å². The van der Waals surface area contributed by atoms with E-state index in [1.807, 2.05) is 0 Å². The summed E-state index contributed by atoms with van der Waals surface area (Å²) in [7, 11) is -2.43. The second-order valence-electron chi connectivity index (χ2n) is 5.00. The van der Waals surface area contributed by atoms with Gasteiger partial charge in [0, 0.05) is 12.1 Å². The third-order valence-corrected chi connectivity index (χ3v) is 7.85. The van der Waals surface area contributed by atoms with Gasteiger partial charge in [-0.25, -0.2) is 13.4 Å². The average Bonchev–Trinajstić information content (AvgIpc) is 3.12. The van der Waals surface area contributed by atoms with E-state index >= 15 is 0 Å². The molecule has 3 aromatic rings. The van der Waals surface area contributed by atoms with Crippen LogP contribution < -0.4 is 5.32 Å². The number of rotatable bonds is 5. The smallest absolute Gasteiger partial charge is 0.252 e. The Hall–Kier alpha value is -1.23. The van der Waals surface area contributed by atoms with Crippen LogP contribution in [-0.4, -0.2) is 37.2 Å². The molecule has 11 heteroatoms. The maximum atomic E-state index is 12.4. The molecule has 0 bridgehead atoms. The van der Waals surface area contributed by atoms with Crippen molar-refractivity contribution in [2.24, 2.45) is 0 Å². The topological polar surface area (TPSA) is 79.4 Å². The zero-order valence-electron chi connectivity index (χ0n) is 12.7. The molecule has 1 amide bonds. The number of fused-ring (bicyclic) bond motifs is 1. The monoisotopic (exact) mass is 435 g/mol. The van der Waals surface area contributed by atoms with Crippen LogP contribution in [0, 0.1) is 0 Å². The number of hydrogen-bond acceptors (Lipinski definition) is 6. The third-order valence-electron chi connectivity index (χ3n) is 3.18. The van der Waals surface area contributed by atoms with Crippen molar-refractivity contribution in [2.75, 3.05) is 18.9 Å². The van der Waals surface area contributed by atoms with Gasteiger partial charge in [0.25, 0.3) is 10.0 Å². The summed E-state index contributed by atoms with van der Waals surface area (Å²) in [4.78, 5) is 16.4. The number of amides is 1. The number of nitrogens with one attached hydrogen (secondary N) is 1. The first kappa shape index (κ1) is 18.6. The van der Waals surface area contributed by atoms with Gasteiger partial charge < -0.3 is 5.32 Å². The Morgan fingerprint density at radius 1 is 1.24 bits per heavy atom. The molecule has 0 aliphatic heterocycles. The number of sulfonamides is 1. The predicted octanol–water partition coefficient (Wildman–Crippen LogP) is 3.92. The molecule has 0 saturated carbocycles. The second kappa shape index (κ2) is 7.18. The van der Waals surface area contributed by atoms with Crippen molar-refractivity contribution in [2.45, 2.75) is 4.21 Å². The van der Waals surface area contributed by atoms with Crippen LogP contribution >= 0.6 is 45.9 Å². The van der Waals surface area contributed by atoms with Gasteiger partial charge in [0.15, 0.2) is 5.13 Å². The number of anilines is 1. The Bertz CT molecular complexity index is 1050. The van der Waals surface area contributed by atoms with Crippen LogP contribution in [0.4, 0.5) is 5.13 Å². The molecule has 6 nitrogen and oxygen atoms in total. The molecule has 0 fully saturated rings. The van der Waals surface area contributed by atoms with E-state index in [9.17, 15) is 13.2 Å². The molecule has 0 atom stereocenters. The number of nitrogens with zero attached hydrogens (tertiary/aromatic N) is 2. The lowest BCUT2D eigenvalue weighted by atomic mass is 10.3. The van der Waals surface area contributed by atoms with Crippen LogP contribution in [0.2, 0.25) is 9.36 Å². The fourth-order valence-electron chi connectivity index (χ4n) is 1.99. The van der Waals surface area contributed by atoms with Gasteiger partial charge in [0.2, 0.25) is 5.91 Å². The lowest BCUT2D eigenvalue weighted by Gasteiger charge is -2.14. The van der Waals surface area contributed by atoms with E-state index in [0.29, 0.717) is 20.0 Å². The van der Waals surface area contributed by atoms with Gasteiger partial charge >= 0.3 is 0 Å². The normalized spacial score (nSPS) is 12.0. The van der Waals surface area contributed by atoms with Crippen molar-refractivity contribution in [3.8, 4) is 0 Å². The zero-order chi connectivity index (χ0) is 18.2. The summed E-state index contributed by atoms with van der Waals surface area (Å²) in [5, 5.41) is 3.57. The van der Waals surface area contributed by atoms with Gasteiger partial charge in [-0.05, 0) is 30.3 Å². The van der Waals surface area contributed by atoms with Crippen LogP contribution in [0.1, 0.15) is 0 Å². The van der Waals surface area contributed by atoms with Gasteiger partial charge in [-0.15, -0.1) is 11.3 Å². The van der Waals surface area contributed by atoms with Crippen molar-refractivity contribution in [1.82, 2.24) is 9.29 Å².